The van der Waals surface area contributed by atoms with Crippen LogP contribution < -0.4 is 0 Å². The van der Waals surface area contributed by atoms with Crippen molar-refractivity contribution in [2.45, 2.75) is 6.54 Å². The number of halogens is 2. The average molecular weight is 385 g/mol. The Kier molecular flexibility index (Phi) is 4.12. The first-order valence-electron chi connectivity index (χ1n) is 4.09. The molecular weight excluding hydrogens is 378 g/mol. The molecule has 0 aliphatic heterocycles. The number of aromatic nitrogens is 2. The second-order valence-electron chi connectivity index (χ2n) is 2.84. The van der Waals surface area contributed by atoms with E-state index in [9.17, 15) is 8.78 Å². The molecule has 0 aliphatic rings. The molecule has 0 spiro atoms. The van der Waals surface area contributed by atoms with Gasteiger partial charge in [-0.1, -0.05) is 0 Å². The minimum atomic E-state index is -0.562. The van der Waals surface area contributed by atoms with Crippen LogP contribution in [0.25, 0.3) is 0 Å². The molecule has 1 aromatic heterocycles. The summed E-state index contributed by atoms with van der Waals surface area (Å²) in [7, 11) is 0. The molecule has 0 bridgehead atoms. The Morgan fingerprint density at radius 3 is 2.80 bits per heavy atom. The van der Waals surface area contributed by atoms with Crippen molar-refractivity contribution in [1.82, 2.24) is 9.78 Å². The quantitative estimate of drug-likeness (QED) is 0.724. The van der Waals surface area contributed by atoms with E-state index in [0.717, 1.165) is 12.1 Å². The second-order valence-corrected chi connectivity index (χ2v) is 2.84. The van der Waals surface area contributed by atoms with E-state index in [4.69, 9.17) is 0 Å². The zero-order valence-corrected chi connectivity index (χ0v) is 9.97. The monoisotopic (exact) mass is 386 g/mol. The standard InChI is InChI=1S/C10H7F2N2.Ir/c11-9-2-3-10(12)8(6-9)7-14-5-1-4-13-14;/h1-5H,7H2;/q-1;. The summed E-state index contributed by atoms with van der Waals surface area (Å²) in [5, 5.41) is 3.89. The van der Waals surface area contributed by atoms with E-state index in [0.29, 0.717) is 0 Å². The normalized spacial score (nSPS) is 9.73. The van der Waals surface area contributed by atoms with Gasteiger partial charge in [-0.05, 0) is 6.07 Å². The minimum Gasteiger partial charge on any atom is -0.284 e. The van der Waals surface area contributed by atoms with Gasteiger partial charge in [0.25, 0.3) is 0 Å². The topological polar surface area (TPSA) is 17.8 Å². The van der Waals surface area contributed by atoms with Gasteiger partial charge in [-0.2, -0.15) is 5.10 Å². The molecule has 0 saturated heterocycles. The van der Waals surface area contributed by atoms with Crippen LogP contribution in [0.4, 0.5) is 8.78 Å². The zero-order valence-electron chi connectivity index (χ0n) is 7.58. The van der Waals surface area contributed by atoms with Gasteiger partial charge in [-0.15, -0.1) is 23.8 Å². The first-order valence-corrected chi connectivity index (χ1v) is 4.09. The molecule has 0 amide bonds. The predicted octanol–water partition coefficient (Wildman–Crippen LogP) is 2.01. The summed E-state index contributed by atoms with van der Waals surface area (Å²) in [5.41, 5.74) is 0.175. The first-order chi connectivity index (χ1) is 6.75. The molecule has 1 heterocycles. The Morgan fingerprint density at radius 2 is 2.13 bits per heavy atom. The van der Waals surface area contributed by atoms with Crippen LogP contribution in [-0.4, -0.2) is 9.78 Å². The molecule has 1 radical (unpaired) electrons. The van der Waals surface area contributed by atoms with Crippen molar-refractivity contribution in [3.8, 4) is 0 Å². The largest absolute Gasteiger partial charge is 0.284 e. The van der Waals surface area contributed by atoms with Crippen molar-refractivity contribution in [2.75, 3.05) is 0 Å². The molecule has 0 aliphatic carbocycles. The molecule has 15 heavy (non-hydrogen) atoms. The Morgan fingerprint density at radius 1 is 1.33 bits per heavy atom. The van der Waals surface area contributed by atoms with Crippen LogP contribution in [0.1, 0.15) is 5.56 Å². The number of rotatable bonds is 2. The molecule has 0 fully saturated rings. The summed E-state index contributed by atoms with van der Waals surface area (Å²) in [6, 6.07) is 6.16. The van der Waals surface area contributed by atoms with E-state index >= 15 is 0 Å². The maximum Gasteiger partial charge on any atom is 0.0489 e. The maximum atomic E-state index is 13.1. The molecule has 1 aromatic carbocycles. The van der Waals surface area contributed by atoms with Gasteiger partial charge in [0, 0.05) is 50.7 Å². The number of hydrogen-bond acceptors (Lipinski definition) is 1. The van der Waals surface area contributed by atoms with Crippen LogP contribution in [0, 0.1) is 17.7 Å². The van der Waals surface area contributed by atoms with E-state index < -0.39 is 11.6 Å². The third-order valence-electron chi connectivity index (χ3n) is 1.81. The van der Waals surface area contributed by atoms with Crippen molar-refractivity contribution in [3.05, 3.63) is 53.9 Å². The zero-order chi connectivity index (χ0) is 9.97. The summed E-state index contributed by atoms with van der Waals surface area (Å²) in [5.74, 6) is -1.03. The maximum absolute atomic E-state index is 13.1. The first kappa shape index (κ1) is 12.0. The molecule has 0 N–H and O–H groups in total. The van der Waals surface area contributed by atoms with E-state index in [1.54, 1.807) is 18.5 Å². The van der Waals surface area contributed by atoms with Crippen LogP contribution in [0.5, 0.6) is 0 Å². The Hall–Kier alpha value is -1.06. The molecule has 0 saturated carbocycles. The molecule has 2 aromatic rings. The van der Waals surface area contributed by atoms with Gasteiger partial charge in [0.2, 0.25) is 0 Å². The van der Waals surface area contributed by atoms with Gasteiger partial charge in [-0.3, -0.25) is 9.07 Å². The van der Waals surface area contributed by atoms with Crippen molar-refractivity contribution >= 4 is 0 Å². The van der Waals surface area contributed by atoms with Crippen molar-refractivity contribution in [3.63, 3.8) is 0 Å². The SMILES string of the molecule is Fc1[c-]c(Cn2cccn2)c(F)cc1.[Ir]. The van der Waals surface area contributed by atoms with Crippen LogP contribution in [0.3, 0.4) is 0 Å². The van der Waals surface area contributed by atoms with Crippen molar-refractivity contribution in [1.29, 1.82) is 0 Å². The second kappa shape index (κ2) is 5.14. The summed E-state index contributed by atoms with van der Waals surface area (Å²) in [6.45, 7) is 0.191. The molecule has 0 unspecified atom stereocenters. The van der Waals surface area contributed by atoms with E-state index in [2.05, 4.69) is 11.2 Å². The fourth-order valence-electron chi connectivity index (χ4n) is 1.16. The minimum absolute atomic E-state index is 0. The number of hydrogen-bond donors (Lipinski definition) is 0. The van der Waals surface area contributed by atoms with Crippen molar-refractivity contribution in [2.24, 2.45) is 0 Å². The van der Waals surface area contributed by atoms with Gasteiger partial charge in [0.15, 0.2) is 0 Å². The van der Waals surface area contributed by atoms with Crippen LogP contribution in [-0.2, 0) is 26.7 Å². The average Bonchev–Trinajstić information content (AvgIpc) is 2.64. The van der Waals surface area contributed by atoms with Crippen molar-refractivity contribution < 1.29 is 28.9 Å². The van der Waals surface area contributed by atoms with E-state index in [1.165, 1.54) is 4.68 Å². The molecule has 2 rings (SSSR count). The van der Waals surface area contributed by atoms with Crippen LogP contribution in [0.2, 0.25) is 0 Å². The van der Waals surface area contributed by atoms with Gasteiger partial charge in [0.05, 0.1) is 0 Å². The molecule has 81 valence electrons. The summed E-state index contributed by atoms with van der Waals surface area (Å²) in [6.07, 6.45) is 3.26. The molecular formula is C10H7F2IrN2-. The third-order valence-corrected chi connectivity index (χ3v) is 1.81. The van der Waals surface area contributed by atoms with Gasteiger partial charge in [-0.25, -0.2) is 4.39 Å². The number of nitrogens with zero attached hydrogens (tertiary/aromatic N) is 2. The van der Waals surface area contributed by atoms with Gasteiger partial charge in [0.1, 0.15) is 0 Å². The smallest absolute Gasteiger partial charge is 0.0489 e. The third kappa shape index (κ3) is 2.94. The van der Waals surface area contributed by atoms with Gasteiger partial charge < -0.3 is 0 Å². The summed E-state index contributed by atoms with van der Waals surface area (Å²) >= 11 is 0. The summed E-state index contributed by atoms with van der Waals surface area (Å²) in [4.78, 5) is 0. The Balaban J connectivity index is 0.00000112. The Labute approximate surface area is 99.3 Å². The summed E-state index contributed by atoms with van der Waals surface area (Å²) < 4.78 is 27.4. The fourth-order valence-corrected chi connectivity index (χ4v) is 1.16. The number of benzene rings is 1. The molecule has 0 atom stereocenters. The van der Waals surface area contributed by atoms with Crippen LogP contribution >= 0.6 is 0 Å². The van der Waals surface area contributed by atoms with E-state index in [1.807, 2.05) is 0 Å². The van der Waals surface area contributed by atoms with Gasteiger partial charge >= 0.3 is 0 Å². The molecule has 5 heteroatoms. The predicted molar refractivity (Wildman–Crippen MR) is 46.5 cm³/mol. The van der Waals surface area contributed by atoms with E-state index in [-0.39, 0.29) is 32.2 Å². The molecule has 2 nitrogen and oxygen atoms in total. The van der Waals surface area contributed by atoms with Crippen LogP contribution in [0.15, 0.2) is 30.6 Å². The Bertz CT molecular complexity index is 429. The fraction of sp³-hybridized carbons (Fsp3) is 0.100.